The molecule has 0 unspecified atom stereocenters. The average Bonchev–Trinajstić information content (AvgIpc) is 3.60. The molecule has 4 aromatic rings. The van der Waals surface area contributed by atoms with Crippen molar-refractivity contribution in [3.8, 4) is 5.75 Å². The molecule has 4 atom stereocenters. The number of para-hydroxylation sites is 1. The van der Waals surface area contributed by atoms with E-state index < -0.39 is 22.2 Å². The first-order chi connectivity index (χ1) is 22.7. The molecular weight excluding hydrogens is 656 g/mol. The molecule has 1 fully saturated rings. The zero-order valence-electron chi connectivity index (χ0n) is 25.6. The van der Waals surface area contributed by atoms with Crippen LogP contribution in [0.3, 0.4) is 0 Å². The van der Waals surface area contributed by atoms with E-state index in [0.717, 1.165) is 58.5 Å². The number of amides is 1. The van der Waals surface area contributed by atoms with Crippen molar-refractivity contribution in [3.63, 3.8) is 0 Å². The highest BCUT2D eigenvalue weighted by Crippen LogP contribution is 2.42. The second-order valence-electron chi connectivity index (χ2n) is 12.2. The Bertz CT molecular complexity index is 1980. The molecule has 7 rings (SSSR count). The van der Waals surface area contributed by atoms with Crippen LogP contribution in [-0.4, -0.2) is 51.8 Å². The lowest BCUT2D eigenvalue weighted by atomic mass is 9.93. The van der Waals surface area contributed by atoms with E-state index in [4.69, 9.17) is 21.3 Å². The number of esters is 1. The number of nitrogens with zero attached hydrogens (tertiary/aromatic N) is 2. The molecule has 2 heterocycles. The number of carbonyl (C=O) groups excluding carboxylic acids is 2. The molecule has 9 nitrogen and oxygen atoms in total. The van der Waals surface area contributed by atoms with Crippen molar-refractivity contribution in [3.05, 3.63) is 112 Å². The average molecular weight is 689 g/mol. The van der Waals surface area contributed by atoms with E-state index in [1.54, 1.807) is 24.1 Å². The van der Waals surface area contributed by atoms with Crippen molar-refractivity contribution < 1.29 is 22.7 Å². The third kappa shape index (κ3) is 6.50. The number of fused-ring (bicyclic) bond motifs is 4. The van der Waals surface area contributed by atoms with Crippen molar-refractivity contribution in [2.75, 3.05) is 18.5 Å². The van der Waals surface area contributed by atoms with E-state index in [9.17, 15) is 18.0 Å². The summed E-state index contributed by atoms with van der Waals surface area (Å²) in [5.41, 5.74) is 5.26. The molecular formula is C35H33ClN4O5S2. The van der Waals surface area contributed by atoms with Crippen molar-refractivity contribution in [2.45, 2.75) is 42.1 Å². The fourth-order valence-corrected chi connectivity index (χ4v) is 9.82. The van der Waals surface area contributed by atoms with Crippen LogP contribution in [0.15, 0.2) is 94.1 Å². The van der Waals surface area contributed by atoms with E-state index >= 15 is 0 Å². The second-order valence-corrected chi connectivity index (χ2v) is 15.8. The maximum Gasteiger partial charge on any atom is 0.325 e. The van der Waals surface area contributed by atoms with Gasteiger partial charge in [-0.15, -0.1) is 11.3 Å². The van der Waals surface area contributed by atoms with Gasteiger partial charge >= 0.3 is 5.97 Å². The van der Waals surface area contributed by atoms with E-state index in [-0.39, 0.29) is 34.5 Å². The quantitative estimate of drug-likeness (QED) is 0.194. The predicted molar refractivity (Wildman–Crippen MR) is 183 cm³/mol. The monoisotopic (exact) mass is 688 g/mol. The predicted octanol–water partition coefficient (Wildman–Crippen LogP) is 5.21. The van der Waals surface area contributed by atoms with Gasteiger partial charge in [0.2, 0.25) is 10.0 Å². The normalized spacial score (nSPS) is 22.1. The zero-order chi connectivity index (χ0) is 32.7. The van der Waals surface area contributed by atoms with Crippen molar-refractivity contribution in [1.29, 1.82) is 0 Å². The van der Waals surface area contributed by atoms with Crippen molar-refractivity contribution in [1.82, 2.24) is 10.0 Å². The molecule has 2 N–H and O–H groups in total. The van der Waals surface area contributed by atoms with Crippen LogP contribution in [0.25, 0.3) is 0 Å². The topological polar surface area (TPSA) is 117 Å². The van der Waals surface area contributed by atoms with E-state index in [1.807, 2.05) is 66.7 Å². The van der Waals surface area contributed by atoms with Gasteiger partial charge in [0.05, 0.1) is 22.3 Å². The van der Waals surface area contributed by atoms with Gasteiger partial charge < -0.3 is 9.64 Å². The molecule has 2 aliphatic carbocycles. The minimum atomic E-state index is -3.68. The Labute approximate surface area is 282 Å². The first-order valence-electron chi connectivity index (χ1n) is 15.5. The number of ether oxygens (including phenoxy) is 1. The number of likely N-dealkylation sites (N-methyl/N-ethyl adjacent to an activating group) is 1. The van der Waals surface area contributed by atoms with Crippen LogP contribution in [0.1, 0.15) is 35.1 Å². The summed E-state index contributed by atoms with van der Waals surface area (Å²) in [6.07, 6.45) is 2.27. The summed E-state index contributed by atoms with van der Waals surface area (Å²) in [5.74, 6) is -0.133. The zero-order valence-corrected chi connectivity index (χ0v) is 27.9. The lowest BCUT2D eigenvalue weighted by Gasteiger charge is -2.23. The Morgan fingerprint density at radius 1 is 0.979 bits per heavy atom. The standard InChI is InChI=1S/C35H33ClN4O5S2/c1-40-28-10-6-5-9-27(28)33(21-7-3-2-4-8-21)38-34(35(40)42)37-20-30(41)45-26-14-13-22-17-23-11-12-24(18-25(22)19-26)32(23)39-47(43,44)31-16-15-29(36)46-31/h2-10,13-16,19,23-24,32,34,37,39H,11-12,17-18,20H2,1H3/t23-,24+,32-,34+/m1/s1. The molecule has 3 aromatic carbocycles. The highest BCUT2D eigenvalue weighted by Gasteiger charge is 2.41. The Kier molecular flexibility index (Phi) is 8.75. The molecule has 0 saturated heterocycles. The molecule has 2 bridgehead atoms. The minimum Gasteiger partial charge on any atom is -0.426 e. The second kappa shape index (κ2) is 13.0. The molecule has 1 saturated carbocycles. The van der Waals surface area contributed by atoms with E-state index in [2.05, 4.69) is 10.0 Å². The van der Waals surface area contributed by atoms with Crippen molar-refractivity contribution in [2.24, 2.45) is 16.8 Å². The SMILES string of the molecule is CN1C(=O)[C@@H](NCC(=O)Oc2ccc3c(c2)C[C@@H]2CC[C@H](C3)[C@H]2NS(=O)(=O)c2ccc(Cl)s2)N=C(c2ccccc2)c2ccccc21. The lowest BCUT2D eigenvalue weighted by molar-refractivity contribution is -0.133. The van der Waals surface area contributed by atoms with Gasteiger partial charge in [0.15, 0.2) is 6.17 Å². The van der Waals surface area contributed by atoms with Gasteiger partial charge in [-0.25, -0.2) is 13.1 Å². The number of hydrogen-bond acceptors (Lipinski definition) is 8. The molecule has 1 aliphatic heterocycles. The van der Waals surface area contributed by atoms with Gasteiger partial charge in [-0.3, -0.25) is 19.9 Å². The third-order valence-corrected chi connectivity index (χ3v) is 12.4. The van der Waals surface area contributed by atoms with Gasteiger partial charge in [0.25, 0.3) is 5.91 Å². The Balaban J connectivity index is 1.04. The lowest BCUT2D eigenvalue weighted by Crippen LogP contribution is -2.45. The van der Waals surface area contributed by atoms with Crippen LogP contribution in [0.2, 0.25) is 4.34 Å². The number of halogens is 1. The van der Waals surface area contributed by atoms with Gasteiger partial charge in [-0.1, -0.05) is 66.2 Å². The number of benzodiazepines with no additional fused rings is 1. The molecule has 1 aromatic heterocycles. The highest BCUT2D eigenvalue weighted by molar-refractivity contribution is 7.91. The van der Waals surface area contributed by atoms with Crippen LogP contribution in [0, 0.1) is 11.8 Å². The first kappa shape index (κ1) is 31.7. The number of carbonyl (C=O) groups is 2. The molecule has 3 aliphatic rings. The summed E-state index contributed by atoms with van der Waals surface area (Å²) in [6.45, 7) is -0.232. The first-order valence-corrected chi connectivity index (χ1v) is 18.2. The Morgan fingerprint density at radius 2 is 1.70 bits per heavy atom. The van der Waals surface area contributed by atoms with Gasteiger partial charge in [0, 0.05) is 24.2 Å². The molecule has 0 spiro atoms. The van der Waals surface area contributed by atoms with Gasteiger partial charge in [0.1, 0.15) is 9.96 Å². The fourth-order valence-electron chi connectivity index (χ4n) is 6.95. The van der Waals surface area contributed by atoms with Gasteiger partial charge in [-0.05, 0) is 79.0 Å². The van der Waals surface area contributed by atoms with Gasteiger partial charge in [-0.2, -0.15) is 0 Å². The number of anilines is 1. The third-order valence-electron chi connectivity index (χ3n) is 9.23. The number of thiophene rings is 1. The number of nitrogens with one attached hydrogen (secondary N) is 2. The number of aliphatic imine (C=N–C) groups is 1. The summed E-state index contributed by atoms with van der Waals surface area (Å²) < 4.78 is 35.6. The maximum absolute atomic E-state index is 13.5. The Hall–Kier alpha value is -3.87. The molecule has 47 heavy (non-hydrogen) atoms. The summed E-state index contributed by atoms with van der Waals surface area (Å²) >= 11 is 7.05. The Morgan fingerprint density at radius 3 is 2.45 bits per heavy atom. The number of rotatable bonds is 8. The van der Waals surface area contributed by atoms with Crippen LogP contribution in [0.4, 0.5) is 5.69 Å². The number of hydrogen-bond donors (Lipinski definition) is 2. The van der Waals surface area contributed by atoms with E-state index in [1.165, 1.54) is 6.07 Å². The van der Waals surface area contributed by atoms with Crippen molar-refractivity contribution >= 4 is 56.2 Å². The maximum atomic E-state index is 13.5. The summed E-state index contributed by atoms with van der Waals surface area (Å²) in [7, 11) is -1.98. The molecule has 0 radical (unpaired) electrons. The largest absolute Gasteiger partial charge is 0.426 e. The van der Waals surface area contributed by atoms with E-state index in [0.29, 0.717) is 22.2 Å². The minimum absolute atomic E-state index is 0.123. The number of benzene rings is 3. The fraction of sp³-hybridized carbons (Fsp3) is 0.286. The van der Waals surface area contributed by atoms with Crippen LogP contribution in [-0.2, 0) is 32.5 Å². The van der Waals surface area contributed by atoms with Crippen LogP contribution < -0.4 is 19.7 Å². The molecule has 12 heteroatoms. The smallest absolute Gasteiger partial charge is 0.325 e. The summed E-state index contributed by atoms with van der Waals surface area (Å²) in [5, 5.41) is 3.01. The molecule has 242 valence electrons. The molecule has 1 amide bonds. The summed E-state index contributed by atoms with van der Waals surface area (Å²) in [6, 6.07) is 25.8. The number of sulfonamides is 1. The van der Waals surface area contributed by atoms with Crippen LogP contribution in [0.5, 0.6) is 5.75 Å². The summed E-state index contributed by atoms with van der Waals surface area (Å²) in [4.78, 5) is 32.9. The highest BCUT2D eigenvalue weighted by atomic mass is 35.5. The van der Waals surface area contributed by atoms with Crippen LogP contribution >= 0.6 is 22.9 Å².